The molecule has 0 saturated heterocycles. The fourth-order valence-electron chi connectivity index (χ4n) is 0.404. The molecule has 0 saturated carbocycles. The van der Waals surface area contributed by atoms with E-state index in [2.05, 4.69) is 6.58 Å². The number of rotatable bonds is 3. The third-order valence-electron chi connectivity index (χ3n) is 1.01. The van der Waals surface area contributed by atoms with E-state index in [1.54, 1.807) is 6.92 Å². The molecule has 0 heterocycles. The molecule has 0 aromatic carbocycles. The van der Waals surface area contributed by atoms with Crippen LogP contribution < -0.4 is 5.73 Å². The number of nitrogens with two attached hydrogens (primary N) is 1. The van der Waals surface area contributed by atoms with Gasteiger partial charge in [-0.25, -0.2) is 0 Å². The van der Waals surface area contributed by atoms with E-state index in [0.29, 0.717) is 13.0 Å². The third kappa shape index (κ3) is 2.77. The van der Waals surface area contributed by atoms with Gasteiger partial charge in [-0.2, -0.15) is 0 Å². The Hall–Kier alpha value is -0.340. The number of hydrogen-bond donors (Lipinski definition) is 2. The van der Waals surface area contributed by atoms with Crippen LogP contribution in [0.3, 0.4) is 0 Å². The summed E-state index contributed by atoms with van der Waals surface area (Å²) in [5.74, 6) is 0. The molecular formula is C6H13NO. The first-order valence-electron chi connectivity index (χ1n) is 2.72. The fraction of sp³-hybridized carbons (Fsp3) is 0.667. The lowest BCUT2D eigenvalue weighted by Gasteiger charge is -2.05. The van der Waals surface area contributed by atoms with Gasteiger partial charge in [-0.1, -0.05) is 12.2 Å². The van der Waals surface area contributed by atoms with Crippen molar-refractivity contribution in [2.75, 3.05) is 6.54 Å². The highest BCUT2D eigenvalue weighted by molar-refractivity contribution is 4.96. The van der Waals surface area contributed by atoms with Crippen molar-refractivity contribution < 1.29 is 5.11 Å². The number of aliphatic hydroxyl groups excluding tert-OH is 1. The molecule has 3 N–H and O–H groups in total. The zero-order valence-corrected chi connectivity index (χ0v) is 5.22. The second-order valence-corrected chi connectivity index (χ2v) is 1.94. The van der Waals surface area contributed by atoms with Gasteiger partial charge in [0.2, 0.25) is 0 Å². The van der Waals surface area contributed by atoms with Crippen molar-refractivity contribution in [3.05, 3.63) is 12.2 Å². The Morgan fingerprint density at radius 3 is 2.50 bits per heavy atom. The lowest BCUT2D eigenvalue weighted by molar-refractivity contribution is 0.203. The predicted molar refractivity (Wildman–Crippen MR) is 34.5 cm³/mol. The van der Waals surface area contributed by atoms with Gasteiger partial charge in [0.15, 0.2) is 0 Å². The van der Waals surface area contributed by atoms with Gasteiger partial charge in [-0.05, 0) is 19.9 Å². The summed E-state index contributed by atoms with van der Waals surface area (Å²) in [6, 6.07) is 0. The Kier molecular flexibility index (Phi) is 3.48. The molecule has 0 fully saturated rings. The molecule has 0 aromatic heterocycles. The van der Waals surface area contributed by atoms with E-state index >= 15 is 0 Å². The van der Waals surface area contributed by atoms with Crippen molar-refractivity contribution >= 4 is 0 Å². The Labute approximate surface area is 50.0 Å². The van der Waals surface area contributed by atoms with Gasteiger partial charge in [0.05, 0.1) is 6.10 Å². The first-order valence-corrected chi connectivity index (χ1v) is 2.72. The van der Waals surface area contributed by atoms with Gasteiger partial charge in [0, 0.05) is 0 Å². The van der Waals surface area contributed by atoms with Crippen molar-refractivity contribution in [2.45, 2.75) is 19.4 Å². The normalized spacial score (nSPS) is 13.4. The summed E-state index contributed by atoms with van der Waals surface area (Å²) < 4.78 is 0. The SMILES string of the molecule is C=C(C)C(O)CCN. The third-order valence-corrected chi connectivity index (χ3v) is 1.01. The summed E-state index contributed by atoms with van der Waals surface area (Å²) in [6.07, 6.45) is 0.218. The molecule has 1 unspecified atom stereocenters. The average Bonchev–Trinajstić information content (AvgIpc) is 1.67. The molecule has 0 spiro atoms. The summed E-state index contributed by atoms with van der Waals surface area (Å²) in [4.78, 5) is 0. The lowest BCUT2D eigenvalue weighted by Crippen LogP contribution is -2.13. The van der Waals surface area contributed by atoms with Gasteiger partial charge < -0.3 is 10.8 Å². The average molecular weight is 115 g/mol. The molecule has 0 aliphatic heterocycles. The van der Waals surface area contributed by atoms with Crippen molar-refractivity contribution in [1.29, 1.82) is 0 Å². The second-order valence-electron chi connectivity index (χ2n) is 1.94. The molecule has 2 nitrogen and oxygen atoms in total. The van der Waals surface area contributed by atoms with Crippen molar-refractivity contribution in [1.82, 2.24) is 0 Å². The van der Waals surface area contributed by atoms with Crippen LogP contribution in [0.5, 0.6) is 0 Å². The predicted octanol–water partition coefficient (Wildman–Crippen LogP) is 0.272. The van der Waals surface area contributed by atoms with Crippen molar-refractivity contribution in [2.24, 2.45) is 5.73 Å². The number of hydrogen-bond acceptors (Lipinski definition) is 2. The largest absolute Gasteiger partial charge is 0.389 e. The maximum atomic E-state index is 8.95. The minimum absolute atomic E-state index is 0.403. The highest BCUT2D eigenvalue weighted by Crippen LogP contribution is 1.99. The van der Waals surface area contributed by atoms with Crippen LogP contribution in [0.2, 0.25) is 0 Å². The molecule has 48 valence electrons. The van der Waals surface area contributed by atoms with Gasteiger partial charge in [-0.15, -0.1) is 0 Å². The molecule has 0 aliphatic carbocycles. The lowest BCUT2D eigenvalue weighted by atomic mass is 10.1. The maximum absolute atomic E-state index is 8.95. The molecule has 1 atom stereocenters. The molecule has 0 aromatic rings. The molecule has 8 heavy (non-hydrogen) atoms. The van der Waals surface area contributed by atoms with Gasteiger partial charge in [0.25, 0.3) is 0 Å². The first kappa shape index (κ1) is 7.66. The van der Waals surface area contributed by atoms with Crippen LogP contribution in [0.15, 0.2) is 12.2 Å². The zero-order valence-electron chi connectivity index (χ0n) is 5.22. The second kappa shape index (κ2) is 3.64. The van der Waals surface area contributed by atoms with Crippen LogP contribution in [0, 0.1) is 0 Å². The molecular weight excluding hydrogens is 102 g/mol. The van der Waals surface area contributed by atoms with Crippen LogP contribution in [-0.2, 0) is 0 Å². The van der Waals surface area contributed by atoms with Gasteiger partial charge in [-0.3, -0.25) is 0 Å². The van der Waals surface area contributed by atoms with E-state index in [4.69, 9.17) is 10.8 Å². The summed E-state index contributed by atoms with van der Waals surface area (Å²) in [6.45, 7) is 5.88. The number of aliphatic hydroxyl groups is 1. The van der Waals surface area contributed by atoms with Crippen molar-refractivity contribution in [3.8, 4) is 0 Å². The highest BCUT2D eigenvalue weighted by Gasteiger charge is 1.99. The smallest absolute Gasteiger partial charge is 0.0756 e. The quantitative estimate of drug-likeness (QED) is 0.519. The van der Waals surface area contributed by atoms with Crippen LogP contribution >= 0.6 is 0 Å². The Balaban J connectivity index is 3.32. The molecule has 0 aliphatic rings. The molecule has 0 rings (SSSR count). The molecule has 2 heteroatoms. The van der Waals surface area contributed by atoms with E-state index in [9.17, 15) is 0 Å². The summed E-state index contributed by atoms with van der Waals surface area (Å²) in [5.41, 5.74) is 5.95. The standard InChI is InChI=1S/C6H13NO/c1-5(2)6(8)3-4-7/h6,8H,1,3-4,7H2,2H3. The van der Waals surface area contributed by atoms with E-state index in [1.807, 2.05) is 0 Å². The maximum Gasteiger partial charge on any atom is 0.0756 e. The molecule has 0 radical (unpaired) electrons. The van der Waals surface area contributed by atoms with E-state index < -0.39 is 6.10 Å². The van der Waals surface area contributed by atoms with Crippen LogP contribution in [-0.4, -0.2) is 17.8 Å². The van der Waals surface area contributed by atoms with E-state index in [0.717, 1.165) is 5.57 Å². The zero-order chi connectivity index (χ0) is 6.57. The monoisotopic (exact) mass is 115 g/mol. The summed E-state index contributed by atoms with van der Waals surface area (Å²) >= 11 is 0. The topological polar surface area (TPSA) is 46.2 Å². The van der Waals surface area contributed by atoms with Crippen LogP contribution in [0.4, 0.5) is 0 Å². The van der Waals surface area contributed by atoms with E-state index in [-0.39, 0.29) is 0 Å². The van der Waals surface area contributed by atoms with Gasteiger partial charge >= 0.3 is 0 Å². The van der Waals surface area contributed by atoms with E-state index in [1.165, 1.54) is 0 Å². The first-order chi connectivity index (χ1) is 3.68. The van der Waals surface area contributed by atoms with Gasteiger partial charge in [0.1, 0.15) is 0 Å². The Morgan fingerprint density at radius 1 is 1.88 bits per heavy atom. The summed E-state index contributed by atoms with van der Waals surface area (Å²) in [7, 11) is 0. The Morgan fingerprint density at radius 2 is 2.38 bits per heavy atom. The summed E-state index contributed by atoms with van der Waals surface area (Å²) in [5, 5.41) is 8.95. The minimum atomic E-state index is -0.403. The van der Waals surface area contributed by atoms with Crippen LogP contribution in [0.1, 0.15) is 13.3 Å². The molecule has 0 bridgehead atoms. The van der Waals surface area contributed by atoms with Crippen molar-refractivity contribution in [3.63, 3.8) is 0 Å². The highest BCUT2D eigenvalue weighted by atomic mass is 16.3. The van der Waals surface area contributed by atoms with Crippen LogP contribution in [0.25, 0.3) is 0 Å². The minimum Gasteiger partial charge on any atom is -0.389 e. The molecule has 0 amide bonds. The fourth-order valence-corrected chi connectivity index (χ4v) is 0.404. The Bertz CT molecular complexity index is 80.6.